The number of amides is 4. The molecule has 0 bridgehead atoms. The van der Waals surface area contributed by atoms with Gasteiger partial charge in [-0.3, -0.25) is 28.8 Å². The Balaban J connectivity index is 1.76. The molecule has 0 aromatic heterocycles. The standard InChI is InChI=1S/C51H76N4O16/c1-2-66-27-28-68-31-32-70-34-33-69-30-29-67-26-25-52-49(62)41(35-39-15-9-7-10-16-39)37-45(58)44(36-40-17-11-8-12-18-40)53-46(59)20-14-6-4-3-5-13-19-42(57)21-22-43(50(63)64)54-51(65)55-47(71-38-56)23-24-48(60)61/h7-12,15-18,38,41,43-44,47H,2-6,13-14,19-37H2,1H3,(H,52,62)(H,53,59)(H,60,61)(H,63,64)(H2,54,55,65)/t41-,43+,44-,47+/m0/s1. The van der Waals surface area contributed by atoms with Crippen LogP contribution in [0, 0.1) is 5.92 Å². The molecule has 71 heavy (non-hydrogen) atoms. The number of hydrogen-bond donors (Lipinski definition) is 6. The van der Waals surface area contributed by atoms with Gasteiger partial charge in [0.15, 0.2) is 12.0 Å². The van der Waals surface area contributed by atoms with Crippen LogP contribution in [0.3, 0.4) is 0 Å². The first-order valence-corrected chi connectivity index (χ1v) is 24.6. The van der Waals surface area contributed by atoms with Crippen molar-refractivity contribution < 1.29 is 77.0 Å². The number of Topliss-reactive ketones (excluding diaryl/α,β-unsaturated/α-hetero) is 2. The molecule has 0 saturated heterocycles. The van der Waals surface area contributed by atoms with Gasteiger partial charge in [0, 0.05) is 51.2 Å². The minimum absolute atomic E-state index is 0.0354. The van der Waals surface area contributed by atoms with Gasteiger partial charge in [-0.15, -0.1) is 0 Å². The molecule has 4 amide bonds. The number of ketones is 2. The summed E-state index contributed by atoms with van der Waals surface area (Å²) in [7, 11) is 0. The van der Waals surface area contributed by atoms with E-state index >= 15 is 0 Å². The Labute approximate surface area is 416 Å². The fourth-order valence-corrected chi connectivity index (χ4v) is 7.16. The lowest BCUT2D eigenvalue weighted by atomic mass is 9.89. The molecular formula is C51H76N4O16. The van der Waals surface area contributed by atoms with Crippen molar-refractivity contribution in [1.82, 2.24) is 21.3 Å². The molecule has 0 aliphatic rings. The maximum Gasteiger partial charge on any atom is 0.326 e. The van der Waals surface area contributed by atoms with Crippen LogP contribution in [0.15, 0.2) is 60.7 Å². The number of nitrogens with one attached hydrogen (secondary N) is 4. The number of ether oxygens (including phenoxy) is 6. The average molecular weight is 1000 g/mol. The zero-order valence-electron chi connectivity index (χ0n) is 41.2. The summed E-state index contributed by atoms with van der Waals surface area (Å²) in [6.07, 6.45) is 3.08. The zero-order valence-corrected chi connectivity index (χ0v) is 41.2. The van der Waals surface area contributed by atoms with E-state index in [-0.39, 0.29) is 88.0 Å². The van der Waals surface area contributed by atoms with E-state index < -0.39 is 48.6 Å². The van der Waals surface area contributed by atoms with Crippen LogP contribution in [0.25, 0.3) is 0 Å². The number of rotatable bonds is 45. The minimum Gasteiger partial charge on any atom is -0.481 e. The lowest BCUT2D eigenvalue weighted by molar-refractivity contribution is -0.141. The lowest BCUT2D eigenvalue weighted by Gasteiger charge is -2.22. The molecule has 396 valence electrons. The van der Waals surface area contributed by atoms with Gasteiger partial charge < -0.3 is 59.9 Å². The third kappa shape index (κ3) is 31.9. The first kappa shape index (κ1) is 61.3. The summed E-state index contributed by atoms with van der Waals surface area (Å²) in [5, 5.41) is 28.6. The van der Waals surface area contributed by atoms with Gasteiger partial charge >= 0.3 is 18.0 Å². The molecule has 0 aliphatic heterocycles. The van der Waals surface area contributed by atoms with Gasteiger partial charge in [0.2, 0.25) is 11.8 Å². The molecule has 0 fully saturated rings. The first-order chi connectivity index (χ1) is 34.4. The van der Waals surface area contributed by atoms with Gasteiger partial charge in [-0.1, -0.05) is 86.3 Å². The molecular weight excluding hydrogens is 925 g/mol. The Morgan fingerprint density at radius 3 is 1.66 bits per heavy atom. The van der Waals surface area contributed by atoms with Crippen LogP contribution in [0.2, 0.25) is 0 Å². The van der Waals surface area contributed by atoms with E-state index in [1.807, 2.05) is 67.6 Å². The van der Waals surface area contributed by atoms with Gasteiger partial charge in [0.05, 0.1) is 71.9 Å². The number of unbranched alkanes of at least 4 members (excludes halogenated alkanes) is 5. The summed E-state index contributed by atoms with van der Waals surface area (Å²) in [4.78, 5) is 98.8. The molecule has 4 atom stereocenters. The van der Waals surface area contributed by atoms with Crippen molar-refractivity contribution in [2.24, 2.45) is 5.92 Å². The van der Waals surface area contributed by atoms with E-state index in [2.05, 4.69) is 26.0 Å². The van der Waals surface area contributed by atoms with Gasteiger partial charge in [0.25, 0.3) is 6.47 Å². The molecule has 20 heteroatoms. The van der Waals surface area contributed by atoms with Crippen molar-refractivity contribution in [1.29, 1.82) is 0 Å². The molecule has 6 N–H and O–H groups in total. The molecule has 0 unspecified atom stereocenters. The second kappa shape index (κ2) is 39.9. The number of benzene rings is 2. The molecule has 2 aromatic carbocycles. The maximum atomic E-state index is 14.0. The average Bonchev–Trinajstić information content (AvgIpc) is 3.35. The lowest BCUT2D eigenvalue weighted by Crippen LogP contribution is -2.49. The topological polar surface area (TPSA) is 281 Å². The minimum atomic E-state index is -1.40. The monoisotopic (exact) mass is 1000 g/mol. The number of carboxylic acids is 2. The smallest absolute Gasteiger partial charge is 0.326 e. The third-order valence-corrected chi connectivity index (χ3v) is 10.9. The number of carbonyl (C=O) groups excluding carboxylic acids is 6. The van der Waals surface area contributed by atoms with Crippen LogP contribution in [-0.2, 0) is 74.8 Å². The van der Waals surface area contributed by atoms with E-state index in [0.717, 1.165) is 36.8 Å². The Morgan fingerprint density at radius 1 is 0.577 bits per heavy atom. The van der Waals surface area contributed by atoms with Crippen LogP contribution < -0.4 is 21.3 Å². The highest BCUT2D eigenvalue weighted by Gasteiger charge is 2.28. The third-order valence-electron chi connectivity index (χ3n) is 10.9. The second-order valence-corrected chi connectivity index (χ2v) is 16.7. The quantitative estimate of drug-likeness (QED) is 0.0306. The molecule has 2 aromatic rings. The van der Waals surface area contributed by atoms with E-state index in [0.29, 0.717) is 78.7 Å². The Kier molecular flexibility index (Phi) is 34.4. The Hall–Kier alpha value is -5.80. The summed E-state index contributed by atoms with van der Waals surface area (Å²) in [6, 6.07) is 15.6. The van der Waals surface area contributed by atoms with E-state index in [1.165, 1.54) is 0 Å². The summed E-state index contributed by atoms with van der Waals surface area (Å²) >= 11 is 0. The predicted octanol–water partition coefficient (Wildman–Crippen LogP) is 4.34. The molecule has 0 spiro atoms. The van der Waals surface area contributed by atoms with Gasteiger partial charge in [0.1, 0.15) is 11.8 Å². The van der Waals surface area contributed by atoms with Crippen LogP contribution in [-0.4, -0.2) is 149 Å². The van der Waals surface area contributed by atoms with E-state index in [1.54, 1.807) is 0 Å². The molecule has 0 saturated carbocycles. The van der Waals surface area contributed by atoms with Gasteiger partial charge in [-0.25, -0.2) is 9.59 Å². The predicted molar refractivity (Wildman–Crippen MR) is 260 cm³/mol. The van der Waals surface area contributed by atoms with Crippen LogP contribution in [0.5, 0.6) is 0 Å². The fourth-order valence-electron chi connectivity index (χ4n) is 7.16. The maximum absolute atomic E-state index is 14.0. The van der Waals surface area contributed by atoms with Crippen molar-refractivity contribution in [2.45, 2.75) is 122 Å². The van der Waals surface area contributed by atoms with Gasteiger partial charge in [-0.05, 0) is 50.2 Å². The number of carbonyl (C=O) groups is 8. The van der Waals surface area contributed by atoms with Crippen LogP contribution in [0.4, 0.5) is 4.79 Å². The number of urea groups is 1. The fraction of sp³-hybridized carbons (Fsp3) is 0.608. The molecule has 20 nitrogen and oxygen atoms in total. The number of carboxylic acid groups (broad SMARTS) is 2. The molecule has 2 rings (SSSR count). The highest BCUT2D eigenvalue weighted by molar-refractivity contribution is 5.93. The van der Waals surface area contributed by atoms with Crippen LogP contribution in [0.1, 0.15) is 102 Å². The summed E-state index contributed by atoms with van der Waals surface area (Å²) in [5.41, 5.74) is 1.77. The van der Waals surface area contributed by atoms with E-state index in [9.17, 15) is 43.5 Å². The SMILES string of the molecule is CCOCCOCCOCCOCCOCCNC(=O)[C@H](CC(=O)[C@H](Cc1ccccc1)NC(=O)CCCCCCCCC(=O)CC[C@@H](NC(=O)N[C@@H](CCC(=O)O)OC=O)C(=O)O)Cc1ccccc1. The number of aliphatic carboxylic acids is 2. The summed E-state index contributed by atoms with van der Waals surface area (Å²) in [5.74, 6) is -4.19. The normalized spacial score (nSPS) is 12.7. The van der Waals surface area contributed by atoms with Crippen molar-refractivity contribution in [3.05, 3.63) is 71.8 Å². The highest BCUT2D eigenvalue weighted by atomic mass is 16.6. The summed E-state index contributed by atoms with van der Waals surface area (Å²) in [6.45, 7) is 6.72. The Morgan fingerprint density at radius 2 is 1.11 bits per heavy atom. The highest BCUT2D eigenvalue weighted by Crippen LogP contribution is 2.17. The van der Waals surface area contributed by atoms with Crippen molar-refractivity contribution in [2.75, 3.05) is 72.6 Å². The summed E-state index contributed by atoms with van der Waals surface area (Å²) < 4.78 is 31.9. The second-order valence-electron chi connectivity index (χ2n) is 16.7. The number of hydrogen-bond acceptors (Lipinski definition) is 14. The largest absolute Gasteiger partial charge is 0.481 e. The first-order valence-electron chi connectivity index (χ1n) is 24.6. The molecule has 0 aliphatic carbocycles. The molecule has 0 radical (unpaired) electrons. The molecule has 0 heterocycles. The Bertz CT molecular complexity index is 1820. The zero-order chi connectivity index (χ0) is 51.7. The van der Waals surface area contributed by atoms with Crippen molar-refractivity contribution in [3.63, 3.8) is 0 Å². The van der Waals surface area contributed by atoms with Crippen molar-refractivity contribution >= 4 is 47.8 Å². The van der Waals surface area contributed by atoms with Crippen LogP contribution >= 0.6 is 0 Å². The van der Waals surface area contributed by atoms with Gasteiger partial charge in [-0.2, -0.15) is 0 Å². The van der Waals surface area contributed by atoms with Crippen molar-refractivity contribution in [3.8, 4) is 0 Å². The van der Waals surface area contributed by atoms with E-state index in [4.69, 9.17) is 28.8 Å².